The number of amides is 2. The van der Waals surface area contributed by atoms with Gasteiger partial charge in [0.15, 0.2) is 11.4 Å². The number of hydrogen-bond donors (Lipinski definition) is 2. The Kier molecular flexibility index (Phi) is 5.26. The normalized spacial score (nSPS) is 20.0. The number of pyridine rings is 1. The lowest BCUT2D eigenvalue weighted by atomic mass is 9.90. The molecule has 3 heterocycles. The Morgan fingerprint density at radius 1 is 1.19 bits per heavy atom. The summed E-state index contributed by atoms with van der Waals surface area (Å²) < 4.78 is 42.5. The van der Waals surface area contributed by atoms with E-state index >= 15 is 0 Å². The number of nitrogens with one attached hydrogen (secondary N) is 1. The van der Waals surface area contributed by atoms with Crippen LogP contribution in [0.5, 0.6) is 5.75 Å². The lowest BCUT2D eigenvalue weighted by Crippen LogP contribution is -2.53. The highest BCUT2D eigenvalue weighted by Crippen LogP contribution is 2.38. The van der Waals surface area contributed by atoms with Gasteiger partial charge >= 0.3 is 0 Å². The van der Waals surface area contributed by atoms with Gasteiger partial charge in [0.25, 0.3) is 11.8 Å². The van der Waals surface area contributed by atoms with Crippen LogP contribution in [-0.4, -0.2) is 39.5 Å². The molecule has 0 radical (unpaired) electrons. The quantitative estimate of drug-likeness (QED) is 0.754. The molecule has 0 spiro atoms. The molecule has 0 saturated carbocycles. The Bertz CT molecular complexity index is 1190. The molecule has 1 atom stereocenters. The summed E-state index contributed by atoms with van der Waals surface area (Å²) >= 11 is 0. The smallest absolute Gasteiger partial charge is 0.274 e. The van der Waals surface area contributed by atoms with Gasteiger partial charge in [-0.2, -0.15) is 0 Å². The zero-order valence-electron chi connectivity index (χ0n) is 17.6. The van der Waals surface area contributed by atoms with Crippen LogP contribution in [0.1, 0.15) is 58.3 Å². The number of fused-ring (bicyclic) bond motifs is 4. The molecule has 2 N–H and O–H groups in total. The first kappa shape index (κ1) is 21.9. The Hall–Kier alpha value is -3.30. The number of nitrogens with zero attached hydrogens (tertiary/aromatic N) is 2. The third kappa shape index (κ3) is 3.34. The van der Waals surface area contributed by atoms with Gasteiger partial charge in [0.1, 0.15) is 23.0 Å². The van der Waals surface area contributed by atoms with Crippen molar-refractivity contribution in [2.45, 2.75) is 45.2 Å². The van der Waals surface area contributed by atoms with Gasteiger partial charge < -0.3 is 19.9 Å². The molecule has 1 aromatic heterocycles. The van der Waals surface area contributed by atoms with E-state index in [1.54, 1.807) is 9.47 Å². The number of carbonyl (C=O) groups excluding carboxylic acids is 2. The molecule has 2 aliphatic rings. The zero-order valence-corrected chi connectivity index (χ0v) is 17.6. The standard InChI is InChI=1S/C22H22F3N3O4/c1-11-16(20(31)26-9-13-14(24)7-12(23)8-15(13)25)18(29)19(30)17-21(32)27-6-4-3-5-22(2,10-27)28(11)17/h7-8,30H,3-6,9-10H2,1-2H3,(H,26,31). The highest BCUT2D eigenvalue weighted by Gasteiger charge is 2.44. The van der Waals surface area contributed by atoms with Crippen molar-refractivity contribution in [3.05, 3.63) is 62.3 Å². The number of aromatic nitrogens is 1. The Morgan fingerprint density at radius 2 is 1.84 bits per heavy atom. The third-order valence-corrected chi connectivity index (χ3v) is 6.30. The minimum Gasteiger partial charge on any atom is -0.503 e. The molecule has 2 aliphatic heterocycles. The fourth-order valence-electron chi connectivity index (χ4n) is 4.80. The first-order valence-electron chi connectivity index (χ1n) is 10.2. The molecule has 10 heteroatoms. The average molecular weight is 449 g/mol. The molecule has 7 nitrogen and oxygen atoms in total. The minimum absolute atomic E-state index is 0.157. The van der Waals surface area contributed by atoms with Crippen molar-refractivity contribution in [1.82, 2.24) is 14.8 Å². The van der Waals surface area contributed by atoms with E-state index in [1.165, 1.54) is 6.92 Å². The van der Waals surface area contributed by atoms with Crippen LogP contribution in [0.15, 0.2) is 16.9 Å². The average Bonchev–Trinajstić information content (AvgIpc) is 2.88. The van der Waals surface area contributed by atoms with Crippen molar-refractivity contribution < 1.29 is 27.9 Å². The second-order valence-corrected chi connectivity index (χ2v) is 8.53. The Morgan fingerprint density at radius 3 is 2.50 bits per heavy atom. The van der Waals surface area contributed by atoms with Crippen molar-refractivity contribution in [3.8, 4) is 5.75 Å². The van der Waals surface area contributed by atoms with Gasteiger partial charge in [0.2, 0.25) is 5.43 Å². The molecule has 170 valence electrons. The van der Waals surface area contributed by atoms with Crippen LogP contribution in [0.25, 0.3) is 0 Å². The molecule has 2 amide bonds. The van der Waals surface area contributed by atoms with Crippen LogP contribution in [0.4, 0.5) is 13.2 Å². The van der Waals surface area contributed by atoms with Crippen LogP contribution >= 0.6 is 0 Å². The van der Waals surface area contributed by atoms with Crippen LogP contribution < -0.4 is 10.7 Å². The summed E-state index contributed by atoms with van der Waals surface area (Å²) in [5.74, 6) is -5.73. The predicted octanol–water partition coefficient (Wildman–Crippen LogP) is 2.56. The van der Waals surface area contributed by atoms with Crippen molar-refractivity contribution in [2.24, 2.45) is 0 Å². The summed E-state index contributed by atoms with van der Waals surface area (Å²) in [6, 6.07) is 0.972. The van der Waals surface area contributed by atoms with Crippen molar-refractivity contribution in [2.75, 3.05) is 13.1 Å². The number of benzene rings is 1. The van der Waals surface area contributed by atoms with Gasteiger partial charge in [-0.25, -0.2) is 13.2 Å². The summed E-state index contributed by atoms with van der Waals surface area (Å²) in [6.45, 7) is 3.63. The minimum atomic E-state index is -1.18. The summed E-state index contributed by atoms with van der Waals surface area (Å²) in [5.41, 5.74) is -2.64. The molecule has 0 aliphatic carbocycles. The monoisotopic (exact) mass is 449 g/mol. The van der Waals surface area contributed by atoms with Crippen molar-refractivity contribution >= 4 is 11.8 Å². The maximum absolute atomic E-state index is 13.9. The maximum Gasteiger partial charge on any atom is 0.274 e. The van der Waals surface area contributed by atoms with Crippen LogP contribution in [-0.2, 0) is 12.1 Å². The summed E-state index contributed by atoms with van der Waals surface area (Å²) in [4.78, 5) is 40.3. The first-order chi connectivity index (χ1) is 15.0. The zero-order chi connectivity index (χ0) is 23.4. The second kappa shape index (κ2) is 7.68. The molecule has 2 aromatic rings. The number of carbonyl (C=O) groups is 2. The van der Waals surface area contributed by atoms with Gasteiger partial charge in [0, 0.05) is 43.0 Å². The van der Waals surface area contributed by atoms with Crippen LogP contribution in [0, 0.1) is 24.4 Å². The van der Waals surface area contributed by atoms with E-state index in [-0.39, 0.29) is 11.4 Å². The number of halogens is 3. The molecule has 1 aromatic carbocycles. The lowest BCUT2D eigenvalue weighted by Gasteiger charge is -2.43. The van der Waals surface area contributed by atoms with E-state index in [1.807, 2.05) is 6.92 Å². The third-order valence-electron chi connectivity index (χ3n) is 6.30. The van der Waals surface area contributed by atoms with E-state index in [9.17, 15) is 32.7 Å². The van der Waals surface area contributed by atoms with Gasteiger partial charge in [0.05, 0.1) is 5.54 Å². The fraction of sp³-hybridized carbons (Fsp3) is 0.409. The highest BCUT2D eigenvalue weighted by molar-refractivity contribution is 6.00. The maximum atomic E-state index is 13.9. The second-order valence-electron chi connectivity index (χ2n) is 8.53. The van der Waals surface area contributed by atoms with Gasteiger partial charge in [-0.1, -0.05) is 0 Å². The number of hydrogen-bond acceptors (Lipinski definition) is 4. The summed E-state index contributed by atoms with van der Waals surface area (Å²) in [7, 11) is 0. The summed E-state index contributed by atoms with van der Waals surface area (Å²) in [6.07, 6.45) is 2.26. The van der Waals surface area contributed by atoms with Crippen molar-refractivity contribution in [3.63, 3.8) is 0 Å². The van der Waals surface area contributed by atoms with E-state index in [0.29, 0.717) is 31.6 Å². The molecule has 1 saturated heterocycles. The lowest BCUT2D eigenvalue weighted by molar-refractivity contribution is 0.0587. The Labute approximate surface area is 181 Å². The van der Waals surface area contributed by atoms with E-state index < -0.39 is 63.7 Å². The van der Waals surface area contributed by atoms with Crippen LogP contribution in [0.3, 0.4) is 0 Å². The Balaban J connectivity index is 1.77. The number of aromatic hydroxyl groups is 1. The SMILES string of the molecule is Cc1c(C(=O)NCc2c(F)cc(F)cc2F)c(=O)c(O)c2n1C1(C)CCCCN(C1)C2=O. The van der Waals surface area contributed by atoms with E-state index in [4.69, 9.17) is 0 Å². The van der Waals surface area contributed by atoms with Gasteiger partial charge in [-0.3, -0.25) is 14.4 Å². The van der Waals surface area contributed by atoms with Gasteiger partial charge in [-0.15, -0.1) is 0 Å². The fourth-order valence-corrected chi connectivity index (χ4v) is 4.80. The van der Waals surface area contributed by atoms with Gasteiger partial charge in [-0.05, 0) is 33.1 Å². The predicted molar refractivity (Wildman–Crippen MR) is 108 cm³/mol. The topological polar surface area (TPSA) is 91.6 Å². The van der Waals surface area contributed by atoms with E-state index in [2.05, 4.69) is 5.32 Å². The first-order valence-corrected chi connectivity index (χ1v) is 10.2. The largest absolute Gasteiger partial charge is 0.503 e. The molecular formula is C22H22F3N3O4. The molecule has 1 unspecified atom stereocenters. The number of rotatable bonds is 3. The van der Waals surface area contributed by atoms with Crippen molar-refractivity contribution in [1.29, 1.82) is 0 Å². The molecule has 2 bridgehead atoms. The molecular weight excluding hydrogens is 427 g/mol. The summed E-state index contributed by atoms with van der Waals surface area (Å²) in [5, 5.41) is 12.9. The van der Waals surface area contributed by atoms with E-state index in [0.717, 1.165) is 12.8 Å². The van der Waals surface area contributed by atoms with Crippen LogP contribution in [0.2, 0.25) is 0 Å². The molecule has 32 heavy (non-hydrogen) atoms. The molecule has 1 fully saturated rings. The molecule has 4 rings (SSSR count). The highest BCUT2D eigenvalue weighted by atomic mass is 19.1.